The second-order valence-corrected chi connectivity index (χ2v) is 5.80. The van der Waals surface area contributed by atoms with Crippen LogP contribution in [0, 0.1) is 23.0 Å². The van der Waals surface area contributed by atoms with Crippen LogP contribution in [0.2, 0.25) is 0 Å². The van der Waals surface area contributed by atoms with Gasteiger partial charge in [0.05, 0.1) is 4.92 Å². The maximum atomic E-state index is 12.3. The van der Waals surface area contributed by atoms with E-state index in [1.165, 1.54) is 12.1 Å². The van der Waals surface area contributed by atoms with Gasteiger partial charge in [0.2, 0.25) is 0 Å². The second kappa shape index (κ2) is 7.38. The summed E-state index contributed by atoms with van der Waals surface area (Å²) >= 11 is 3.37. The van der Waals surface area contributed by atoms with Gasteiger partial charge in [0, 0.05) is 28.6 Å². The molecule has 1 rings (SSSR count). The molecule has 0 fully saturated rings. The predicted molar refractivity (Wildman–Crippen MR) is 82.3 cm³/mol. The lowest BCUT2D eigenvalue weighted by Crippen LogP contribution is -2.39. The fourth-order valence-corrected chi connectivity index (χ4v) is 2.50. The van der Waals surface area contributed by atoms with E-state index in [9.17, 15) is 14.9 Å². The molecule has 0 saturated carbocycles. The number of hydrogen-bond acceptors (Lipinski definition) is 3. The molecule has 0 spiro atoms. The molecule has 1 N–H and O–H groups in total. The summed E-state index contributed by atoms with van der Waals surface area (Å²) in [5, 5.41) is 14.6. The summed E-state index contributed by atoms with van der Waals surface area (Å²) in [6.45, 7) is 5.67. The number of nitro benzene ring substituents is 1. The first kappa shape index (κ1) is 16.6. The molecular weight excluding hydrogens is 324 g/mol. The Bertz CT molecular complexity index is 503. The van der Waals surface area contributed by atoms with Gasteiger partial charge in [-0.05, 0) is 25.3 Å². The maximum Gasteiger partial charge on any atom is 0.273 e. The molecule has 0 aromatic heterocycles. The van der Waals surface area contributed by atoms with E-state index in [0.29, 0.717) is 17.0 Å². The molecule has 0 aliphatic heterocycles. The van der Waals surface area contributed by atoms with Crippen molar-refractivity contribution < 1.29 is 9.72 Å². The number of hydrogen-bond donors (Lipinski definition) is 1. The monoisotopic (exact) mass is 342 g/mol. The van der Waals surface area contributed by atoms with Crippen LogP contribution in [0.4, 0.5) is 5.69 Å². The number of nitrogens with zero attached hydrogens (tertiary/aromatic N) is 1. The highest BCUT2D eigenvalue weighted by Crippen LogP contribution is 2.21. The molecule has 1 aromatic carbocycles. The minimum absolute atomic E-state index is 0.0285. The summed E-state index contributed by atoms with van der Waals surface area (Å²) in [6, 6.07) is 4.60. The van der Waals surface area contributed by atoms with Crippen molar-refractivity contribution >= 4 is 27.5 Å². The molecule has 0 bridgehead atoms. The van der Waals surface area contributed by atoms with Crippen molar-refractivity contribution in [3.63, 3.8) is 0 Å². The number of rotatable bonds is 6. The van der Waals surface area contributed by atoms with Crippen molar-refractivity contribution in [2.24, 2.45) is 5.92 Å². The molecule has 0 heterocycles. The molecule has 0 aliphatic rings. The average Bonchev–Trinajstić information content (AvgIpc) is 2.37. The molecule has 110 valence electrons. The highest BCUT2D eigenvalue weighted by atomic mass is 79.9. The van der Waals surface area contributed by atoms with Gasteiger partial charge in [-0.15, -0.1) is 0 Å². The van der Waals surface area contributed by atoms with Gasteiger partial charge in [0.25, 0.3) is 11.6 Å². The van der Waals surface area contributed by atoms with Crippen LogP contribution in [0.3, 0.4) is 0 Å². The van der Waals surface area contributed by atoms with Crippen LogP contribution in [0.5, 0.6) is 0 Å². The number of nitro groups is 1. The van der Waals surface area contributed by atoms with Crippen LogP contribution >= 0.6 is 15.9 Å². The lowest BCUT2D eigenvalue weighted by molar-refractivity contribution is -0.385. The van der Waals surface area contributed by atoms with Gasteiger partial charge in [-0.3, -0.25) is 14.9 Å². The molecule has 0 aliphatic carbocycles. The third-order valence-corrected chi connectivity index (χ3v) is 3.75. The van der Waals surface area contributed by atoms with Crippen LogP contribution in [-0.4, -0.2) is 22.2 Å². The molecule has 1 aromatic rings. The van der Waals surface area contributed by atoms with Crippen LogP contribution in [0.15, 0.2) is 18.2 Å². The molecule has 0 radical (unpaired) electrons. The standard InChI is InChI=1S/C14H19BrN2O3/c1-9(2)12(7-8-15)16-14(18)11-5-4-6-13(10(11)3)17(19)20/h4-6,9,12H,7-8H2,1-3H3,(H,16,18). The first-order valence-corrected chi connectivity index (χ1v) is 7.61. The van der Waals surface area contributed by atoms with Gasteiger partial charge in [0.1, 0.15) is 0 Å². The maximum absolute atomic E-state index is 12.3. The highest BCUT2D eigenvalue weighted by molar-refractivity contribution is 9.09. The number of carbonyl (C=O) groups excluding carboxylic acids is 1. The van der Waals surface area contributed by atoms with E-state index in [0.717, 1.165) is 11.8 Å². The van der Waals surface area contributed by atoms with E-state index in [1.807, 2.05) is 13.8 Å². The molecule has 6 heteroatoms. The van der Waals surface area contributed by atoms with Crippen molar-refractivity contribution in [3.8, 4) is 0 Å². The summed E-state index contributed by atoms with van der Waals surface area (Å²) in [5.74, 6) is 0.0429. The van der Waals surface area contributed by atoms with Crippen molar-refractivity contribution in [2.75, 3.05) is 5.33 Å². The van der Waals surface area contributed by atoms with Gasteiger partial charge < -0.3 is 5.32 Å². The van der Waals surface area contributed by atoms with Gasteiger partial charge in [-0.2, -0.15) is 0 Å². The molecule has 1 amide bonds. The van der Waals surface area contributed by atoms with E-state index >= 15 is 0 Å². The minimum Gasteiger partial charge on any atom is -0.349 e. The largest absolute Gasteiger partial charge is 0.349 e. The first-order chi connectivity index (χ1) is 9.38. The van der Waals surface area contributed by atoms with E-state index < -0.39 is 4.92 Å². The third-order valence-electron chi connectivity index (χ3n) is 3.29. The van der Waals surface area contributed by atoms with Crippen LogP contribution < -0.4 is 5.32 Å². The smallest absolute Gasteiger partial charge is 0.273 e. The number of alkyl halides is 1. The van der Waals surface area contributed by atoms with Crippen LogP contribution in [0.25, 0.3) is 0 Å². The normalized spacial score (nSPS) is 12.2. The molecule has 5 nitrogen and oxygen atoms in total. The Balaban J connectivity index is 2.98. The summed E-state index contributed by atoms with van der Waals surface area (Å²) in [4.78, 5) is 22.7. The Morgan fingerprint density at radius 1 is 1.45 bits per heavy atom. The van der Waals surface area contributed by atoms with E-state index in [-0.39, 0.29) is 17.6 Å². The average molecular weight is 343 g/mol. The van der Waals surface area contributed by atoms with Gasteiger partial charge in [-0.25, -0.2) is 0 Å². The van der Waals surface area contributed by atoms with Crippen molar-refractivity contribution in [2.45, 2.75) is 33.2 Å². The van der Waals surface area contributed by atoms with Crippen molar-refractivity contribution in [1.82, 2.24) is 5.32 Å². The number of carbonyl (C=O) groups is 1. The fourth-order valence-electron chi connectivity index (χ4n) is 2.00. The third kappa shape index (κ3) is 4.03. The second-order valence-electron chi connectivity index (χ2n) is 5.01. The number of halogens is 1. The quantitative estimate of drug-likeness (QED) is 0.489. The Labute approximate surface area is 127 Å². The minimum atomic E-state index is -0.468. The lowest BCUT2D eigenvalue weighted by Gasteiger charge is -2.22. The Morgan fingerprint density at radius 3 is 2.60 bits per heavy atom. The first-order valence-electron chi connectivity index (χ1n) is 6.49. The molecule has 0 saturated heterocycles. The molecule has 20 heavy (non-hydrogen) atoms. The Kier molecular flexibility index (Phi) is 6.13. The summed E-state index contributed by atoms with van der Waals surface area (Å²) in [5.41, 5.74) is 0.731. The highest BCUT2D eigenvalue weighted by Gasteiger charge is 2.21. The Hall–Kier alpha value is -1.43. The van der Waals surface area contributed by atoms with Crippen LogP contribution in [-0.2, 0) is 0 Å². The SMILES string of the molecule is Cc1c(C(=O)NC(CCBr)C(C)C)cccc1[N+](=O)[O-]. The molecular formula is C14H19BrN2O3. The van der Waals surface area contributed by atoms with Crippen molar-refractivity contribution in [1.29, 1.82) is 0 Å². The van der Waals surface area contributed by atoms with Crippen molar-refractivity contribution in [3.05, 3.63) is 39.4 Å². The Morgan fingerprint density at radius 2 is 2.10 bits per heavy atom. The topological polar surface area (TPSA) is 72.2 Å². The summed E-state index contributed by atoms with van der Waals surface area (Å²) in [7, 11) is 0. The summed E-state index contributed by atoms with van der Waals surface area (Å²) < 4.78 is 0. The zero-order chi connectivity index (χ0) is 15.3. The van der Waals surface area contributed by atoms with E-state index in [2.05, 4.69) is 21.2 Å². The van der Waals surface area contributed by atoms with E-state index in [1.54, 1.807) is 13.0 Å². The summed E-state index contributed by atoms with van der Waals surface area (Å²) in [6.07, 6.45) is 0.817. The fraction of sp³-hybridized carbons (Fsp3) is 0.500. The van der Waals surface area contributed by atoms with Gasteiger partial charge in [-0.1, -0.05) is 35.8 Å². The molecule has 1 atom stereocenters. The lowest BCUT2D eigenvalue weighted by atomic mass is 10.00. The molecule has 1 unspecified atom stereocenters. The van der Waals surface area contributed by atoms with Crippen LogP contribution in [0.1, 0.15) is 36.2 Å². The zero-order valence-corrected chi connectivity index (χ0v) is 13.4. The number of benzene rings is 1. The van der Waals surface area contributed by atoms with E-state index in [4.69, 9.17) is 0 Å². The number of nitrogens with one attached hydrogen (secondary N) is 1. The predicted octanol–water partition coefficient (Wildman–Crippen LogP) is 3.44. The van der Waals surface area contributed by atoms with Gasteiger partial charge >= 0.3 is 0 Å². The van der Waals surface area contributed by atoms with Gasteiger partial charge in [0.15, 0.2) is 0 Å². The zero-order valence-electron chi connectivity index (χ0n) is 11.9. The number of amides is 1.